The first kappa shape index (κ1) is 12.9. The van der Waals surface area contributed by atoms with Gasteiger partial charge in [0.1, 0.15) is 0 Å². The van der Waals surface area contributed by atoms with Crippen molar-refractivity contribution in [2.24, 2.45) is 0 Å². The molecule has 0 spiro atoms. The van der Waals surface area contributed by atoms with E-state index in [2.05, 4.69) is 0 Å². The number of hydrogen-bond donors (Lipinski definition) is 0. The van der Waals surface area contributed by atoms with Gasteiger partial charge in [-0.25, -0.2) is 0 Å². The second-order valence-corrected chi connectivity index (χ2v) is 3.95. The molecular formula is C14H20O2. The summed E-state index contributed by atoms with van der Waals surface area (Å²) in [5.74, 6) is 0.257. The topological polar surface area (TPSA) is 26.3 Å². The van der Waals surface area contributed by atoms with E-state index in [0.717, 1.165) is 37.9 Å². The van der Waals surface area contributed by atoms with Crippen LogP contribution in [-0.2, 0) is 4.74 Å². The third-order valence-electron chi connectivity index (χ3n) is 2.60. The van der Waals surface area contributed by atoms with Crippen molar-refractivity contribution < 1.29 is 9.53 Å². The van der Waals surface area contributed by atoms with E-state index in [4.69, 9.17) is 4.74 Å². The number of rotatable bonds is 8. The van der Waals surface area contributed by atoms with Crippen LogP contribution < -0.4 is 0 Å². The van der Waals surface area contributed by atoms with Gasteiger partial charge in [0.05, 0.1) is 0 Å². The van der Waals surface area contributed by atoms with Crippen LogP contribution in [0.5, 0.6) is 0 Å². The van der Waals surface area contributed by atoms with E-state index in [0.29, 0.717) is 6.42 Å². The summed E-state index contributed by atoms with van der Waals surface area (Å²) in [6.07, 6.45) is 5.00. The average molecular weight is 220 g/mol. The summed E-state index contributed by atoms with van der Waals surface area (Å²) >= 11 is 0. The number of Topliss-reactive ketones (excluding diaryl/α,β-unsaturated/α-hetero) is 1. The minimum Gasteiger partial charge on any atom is -0.385 e. The average Bonchev–Trinajstić information content (AvgIpc) is 2.34. The van der Waals surface area contributed by atoms with Gasteiger partial charge in [0.15, 0.2) is 5.78 Å². The van der Waals surface area contributed by atoms with Crippen LogP contribution in [0.1, 0.15) is 42.5 Å². The third kappa shape index (κ3) is 5.08. The standard InChI is InChI=1S/C14H20O2/c1-16-12-8-3-2-7-11-14(15)13-9-5-4-6-10-13/h4-6,9-10H,2-3,7-8,11-12H2,1H3. The molecular weight excluding hydrogens is 200 g/mol. The Hall–Kier alpha value is -1.15. The van der Waals surface area contributed by atoms with Crippen molar-refractivity contribution in [1.29, 1.82) is 0 Å². The molecule has 0 unspecified atom stereocenters. The van der Waals surface area contributed by atoms with Crippen LogP contribution >= 0.6 is 0 Å². The summed E-state index contributed by atoms with van der Waals surface area (Å²) < 4.78 is 4.97. The van der Waals surface area contributed by atoms with Crippen molar-refractivity contribution in [2.75, 3.05) is 13.7 Å². The molecule has 0 aromatic heterocycles. The molecule has 0 aliphatic heterocycles. The third-order valence-corrected chi connectivity index (χ3v) is 2.60. The molecule has 0 fully saturated rings. The summed E-state index contributed by atoms with van der Waals surface area (Å²) in [4.78, 5) is 11.7. The molecule has 0 amide bonds. The molecule has 88 valence electrons. The van der Waals surface area contributed by atoms with Gasteiger partial charge in [-0.3, -0.25) is 4.79 Å². The molecule has 0 aliphatic carbocycles. The van der Waals surface area contributed by atoms with E-state index in [1.54, 1.807) is 7.11 Å². The van der Waals surface area contributed by atoms with Gasteiger partial charge in [-0.15, -0.1) is 0 Å². The highest BCUT2D eigenvalue weighted by atomic mass is 16.5. The van der Waals surface area contributed by atoms with Crippen LogP contribution in [0.25, 0.3) is 0 Å². The smallest absolute Gasteiger partial charge is 0.162 e. The summed E-state index contributed by atoms with van der Waals surface area (Å²) in [5.41, 5.74) is 0.833. The Balaban J connectivity index is 2.12. The van der Waals surface area contributed by atoms with Crippen LogP contribution in [0.3, 0.4) is 0 Å². The molecule has 1 rings (SSSR count). The van der Waals surface area contributed by atoms with Crippen molar-refractivity contribution in [2.45, 2.75) is 32.1 Å². The number of hydrogen-bond acceptors (Lipinski definition) is 2. The summed E-state index contributed by atoms with van der Waals surface area (Å²) in [6, 6.07) is 9.51. The monoisotopic (exact) mass is 220 g/mol. The molecule has 0 atom stereocenters. The SMILES string of the molecule is COCCCCCCC(=O)c1ccccc1. The van der Waals surface area contributed by atoms with Gasteiger partial charge < -0.3 is 4.74 Å². The van der Waals surface area contributed by atoms with E-state index in [1.165, 1.54) is 0 Å². The molecule has 0 radical (unpaired) electrons. The minimum absolute atomic E-state index is 0.257. The molecule has 0 heterocycles. The Morgan fingerprint density at radius 1 is 1.06 bits per heavy atom. The van der Waals surface area contributed by atoms with Crippen LogP contribution in [0.4, 0.5) is 0 Å². The zero-order valence-electron chi connectivity index (χ0n) is 9.95. The first-order valence-corrected chi connectivity index (χ1v) is 5.92. The fraction of sp³-hybridized carbons (Fsp3) is 0.500. The van der Waals surface area contributed by atoms with Crippen molar-refractivity contribution in [3.05, 3.63) is 35.9 Å². The van der Waals surface area contributed by atoms with Crippen LogP contribution in [-0.4, -0.2) is 19.5 Å². The highest BCUT2D eigenvalue weighted by Crippen LogP contribution is 2.08. The van der Waals surface area contributed by atoms with Gasteiger partial charge in [0.25, 0.3) is 0 Å². The molecule has 0 saturated carbocycles. The lowest BCUT2D eigenvalue weighted by Gasteiger charge is -2.01. The maximum atomic E-state index is 11.7. The normalized spacial score (nSPS) is 10.3. The van der Waals surface area contributed by atoms with Crippen LogP contribution in [0.2, 0.25) is 0 Å². The molecule has 0 saturated heterocycles. The van der Waals surface area contributed by atoms with Crippen molar-refractivity contribution in [1.82, 2.24) is 0 Å². The van der Waals surface area contributed by atoms with Gasteiger partial charge in [-0.05, 0) is 12.8 Å². The van der Waals surface area contributed by atoms with E-state index in [1.807, 2.05) is 30.3 Å². The second-order valence-electron chi connectivity index (χ2n) is 3.95. The summed E-state index contributed by atoms with van der Waals surface area (Å²) in [5, 5.41) is 0. The Bertz CT molecular complexity index is 293. The minimum atomic E-state index is 0.257. The van der Waals surface area contributed by atoms with Gasteiger partial charge >= 0.3 is 0 Å². The highest BCUT2D eigenvalue weighted by Gasteiger charge is 2.03. The van der Waals surface area contributed by atoms with Crippen LogP contribution in [0.15, 0.2) is 30.3 Å². The quantitative estimate of drug-likeness (QED) is 0.495. The van der Waals surface area contributed by atoms with Crippen molar-refractivity contribution in [3.63, 3.8) is 0 Å². The maximum absolute atomic E-state index is 11.7. The first-order chi connectivity index (χ1) is 7.84. The Morgan fingerprint density at radius 2 is 1.75 bits per heavy atom. The summed E-state index contributed by atoms with van der Waals surface area (Å²) in [7, 11) is 1.72. The molecule has 0 N–H and O–H groups in total. The predicted molar refractivity (Wildman–Crippen MR) is 65.7 cm³/mol. The van der Waals surface area contributed by atoms with Crippen molar-refractivity contribution >= 4 is 5.78 Å². The Kier molecular flexibility index (Phi) is 6.50. The number of unbranched alkanes of at least 4 members (excludes halogenated alkanes) is 3. The number of methoxy groups -OCH3 is 1. The van der Waals surface area contributed by atoms with E-state index < -0.39 is 0 Å². The largest absolute Gasteiger partial charge is 0.385 e. The molecule has 1 aromatic carbocycles. The molecule has 0 aliphatic rings. The predicted octanol–water partition coefficient (Wildman–Crippen LogP) is 3.47. The van der Waals surface area contributed by atoms with Crippen LogP contribution in [0, 0.1) is 0 Å². The fourth-order valence-electron chi connectivity index (χ4n) is 1.65. The van der Waals surface area contributed by atoms with E-state index in [-0.39, 0.29) is 5.78 Å². The van der Waals surface area contributed by atoms with E-state index >= 15 is 0 Å². The van der Waals surface area contributed by atoms with Gasteiger partial charge in [0, 0.05) is 25.7 Å². The zero-order valence-corrected chi connectivity index (χ0v) is 9.95. The summed E-state index contributed by atoms with van der Waals surface area (Å²) in [6.45, 7) is 0.826. The Labute approximate surface area is 97.6 Å². The molecule has 2 heteroatoms. The van der Waals surface area contributed by atoms with Gasteiger partial charge in [0.2, 0.25) is 0 Å². The lowest BCUT2D eigenvalue weighted by Crippen LogP contribution is -1.98. The maximum Gasteiger partial charge on any atom is 0.162 e. The van der Waals surface area contributed by atoms with Gasteiger partial charge in [-0.2, -0.15) is 0 Å². The fourth-order valence-corrected chi connectivity index (χ4v) is 1.65. The molecule has 0 bridgehead atoms. The lowest BCUT2D eigenvalue weighted by atomic mass is 10.0. The second kappa shape index (κ2) is 8.05. The highest BCUT2D eigenvalue weighted by molar-refractivity contribution is 5.95. The molecule has 2 nitrogen and oxygen atoms in total. The number of benzene rings is 1. The Morgan fingerprint density at radius 3 is 2.44 bits per heavy atom. The number of carbonyl (C=O) groups excluding carboxylic acids is 1. The molecule has 1 aromatic rings. The number of carbonyl (C=O) groups is 1. The molecule has 16 heavy (non-hydrogen) atoms. The number of ketones is 1. The number of ether oxygens (including phenoxy) is 1. The first-order valence-electron chi connectivity index (χ1n) is 5.92. The van der Waals surface area contributed by atoms with Crippen molar-refractivity contribution in [3.8, 4) is 0 Å². The zero-order chi connectivity index (χ0) is 11.6. The van der Waals surface area contributed by atoms with Gasteiger partial charge in [-0.1, -0.05) is 43.2 Å². The van der Waals surface area contributed by atoms with E-state index in [9.17, 15) is 4.79 Å². The lowest BCUT2D eigenvalue weighted by molar-refractivity contribution is 0.0979.